The third kappa shape index (κ3) is 6.48. The Morgan fingerprint density at radius 2 is 1.85 bits per heavy atom. The molecule has 0 saturated heterocycles. The lowest BCUT2D eigenvalue weighted by atomic mass is 10.1. The topological polar surface area (TPSA) is 47.6 Å². The largest absolute Gasteiger partial charge is 0.490 e. The van der Waals surface area contributed by atoms with Crippen molar-refractivity contribution in [2.24, 2.45) is 0 Å². The van der Waals surface area contributed by atoms with Crippen molar-refractivity contribution in [3.63, 3.8) is 0 Å². The molecule has 1 N–H and O–H groups in total. The summed E-state index contributed by atoms with van der Waals surface area (Å²) < 4.78 is 11.5. The number of nitrogens with one attached hydrogen (secondary N) is 1. The number of carbonyl (C=O) groups is 1. The van der Waals surface area contributed by atoms with Crippen molar-refractivity contribution >= 4 is 17.7 Å². The van der Waals surface area contributed by atoms with Crippen molar-refractivity contribution in [2.75, 3.05) is 18.5 Å². The van der Waals surface area contributed by atoms with Crippen LogP contribution in [0.4, 0.5) is 5.69 Å². The Balaban J connectivity index is 2.06. The molecule has 4 nitrogen and oxygen atoms in total. The molecule has 0 heterocycles. The molecule has 0 bridgehead atoms. The lowest BCUT2D eigenvalue weighted by molar-refractivity contribution is -0.111. The van der Waals surface area contributed by atoms with Gasteiger partial charge in [-0.2, -0.15) is 0 Å². The number of carbonyl (C=O) groups excluding carboxylic acids is 1. The molecule has 0 aliphatic rings. The molecule has 4 heteroatoms. The number of para-hydroxylation sites is 1. The average molecular weight is 367 g/mol. The van der Waals surface area contributed by atoms with E-state index < -0.39 is 0 Å². The maximum atomic E-state index is 12.3. The summed E-state index contributed by atoms with van der Waals surface area (Å²) in [7, 11) is 0. The number of hydrogen-bond acceptors (Lipinski definition) is 3. The number of benzene rings is 2. The molecule has 1 amide bonds. The number of rotatable bonds is 10. The second-order valence-electron chi connectivity index (χ2n) is 6.17. The summed E-state index contributed by atoms with van der Waals surface area (Å²) in [5, 5.41) is 2.94. The van der Waals surface area contributed by atoms with Crippen LogP contribution in [-0.2, 0) is 11.2 Å². The molecule has 144 valence electrons. The third-order valence-corrected chi connectivity index (χ3v) is 4.11. The first kappa shape index (κ1) is 20.6. The van der Waals surface area contributed by atoms with E-state index in [1.54, 1.807) is 6.08 Å². The maximum absolute atomic E-state index is 12.3. The Morgan fingerprint density at radius 3 is 2.59 bits per heavy atom. The number of ether oxygens (including phenoxy) is 2. The first-order valence-electron chi connectivity index (χ1n) is 9.64. The van der Waals surface area contributed by atoms with E-state index in [9.17, 15) is 4.79 Å². The minimum atomic E-state index is -0.155. The summed E-state index contributed by atoms with van der Waals surface area (Å²) in [5.74, 6) is 1.29. The molecule has 0 aliphatic heterocycles. The molecular formula is C23H29NO3. The van der Waals surface area contributed by atoms with Crippen LogP contribution in [-0.4, -0.2) is 19.1 Å². The first-order chi connectivity index (χ1) is 13.2. The van der Waals surface area contributed by atoms with Crippen molar-refractivity contribution in [3.8, 4) is 11.5 Å². The van der Waals surface area contributed by atoms with E-state index >= 15 is 0 Å². The molecule has 27 heavy (non-hydrogen) atoms. The lowest BCUT2D eigenvalue weighted by Gasteiger charge is -2.12. The summed E-state index contributed by atoms with van der Waals surface area (Å²) in [6.45, 7) is 7.37. The van der Waals surface area contributed by atoms with Gasteiger partial charge in [0.1, 0.15) is 0 Å². The summed E-state index contributed by atoms with van der Waals surface area (Å²) in [6.07, 6.45) is 6.28. The van der Waals surface area contributed by atoms with Crippen LogP contribution in [0.1, 0.15) is 44.7 Å². The minimum Gasteiger partial charge on any atom is -0.490 e. The summed E-state index contributed by atoms with van der Waals surface area (Å²) in [4.78, 5) is 12.3. The van der Waals surface area contributed by atoms with Gasteiger partial charge in [0.05, 0.1) is 13.2 Å². The number of anilines is 1. The Morgan fingerprint density at radius 1 is 1.04 bits per heavy atom. The Bertz CT molecular complexity index is 768. The number of amides is 1. The van der Waals surface area contributed by atoms with Gasteiger partial charge in [-0.1, -0.05) is 44.5 Å². The van der Waals surface area contributed by atoms with Gasteiger partial charge in [-0.05, 0) is 55.2 Å². The molecule has 0 aromatic heterocycles. The minimum absolute atomic E-state index is 0.155. The maximum Gasteiger partial charge on any atom is 0.248 e. The summed E-state index contributed by atoms with van der Waals surface area (Å²) in [6, 6.07) is 13.5. The van der Waals surface area contributed by atoms with Crippen LogP contribution >= 0.6 is 0 Å². The Labute approximate surface area is 162 Å². The van der Waals surface area contributed by atoms with Crippen molar-refractivity contribution in [1.29, 1.82) is 0 Å². The molecule has 2 rings (SSSR count). The second kappa shape index (κ2) is 11.1. The van der Waals surface area contributed by atoms with Gasteiger partial charge in [-0.25, -0.2) is 0 Å². The molecule has 0 spiro atoms. The standard InChI is InChI=1S/C23H29NO3/c1-4-7-16-27-21-14-12-18(17-22(21)26-6-3)13-15-23(25)24-20-11-9-8-10-19(20)5-2/h8-15,17H,4-7,16H2,1-3H3,(H,24,25)/b15-13+. The zero-order valence-corrected chi connectivity index (χ0v) is 16.5. The normalized spacial score (nSPS) is 10.8. The number of unbranched alkanes of at least 4 members (excludes halogenated alkanes) is 1. The molecular weight excluding hydrogens is 338 g/mol. The van der Waals surface area contributed by atoms with Gasteiger partial charge in [-0.3, -0.25) is 4.79 Å². The van der Waals surface area contributed by atoms with Crippen molar-refractivity contribution < 1.29 is 14.3 Å². The quantitative estimate of drug-likeness (QED) is 0.447. The summed E-state index contributed by atoms with van der Waals surface area (Å²) in [5.41, 5.74) is 2.86. The van der Waals surface area contributed by atoms with Gasteiger partial charge in [0.15, 0.2) is 11.5 Å². The fourth-order valence-corrected chi connectivity index (χ4v) is 2.64. The molecule has 2 aromatic rings. The van der Waals surface area contributed by atoms with E-state index in [-0.39, 0.29) is 5.91 Å². The molecule has 0 fully saturated rings. The highest BCUT2D eigenvalue weighted by Crippen LogP contribution is 2.29. The molecule has 0 atom stereocenters. The van der Waals surface area contributed by atoms with Gasteiger partial charge in [0.2, 0.25) is 5.91 Å². The lowest BCUT2D eigenvalue weighted by Crippen LogP contribution is -2.09. The Kier molecular flexibility index (Phi) is 8.43. The monoisotopic (exact) mass is 367 g/mol. The van der Waals surface area contributed by atoms with Crippen LogP contribution in [0.25, 0.3) is 6.08 Å². The van der Waals surface area contributed by atoms with Gasteiger partial charge in [0, 0.05) is 11.8 Å². The highest BCUT2D eigenvalue weighted by molar-refractivity contribution is 6.02. The van der Waals surface area contributed by atoms with E-state index in [0.29, 0.717) is 19.0 Å². The number of aryl methyl sites for hydroxylation is 1. The predicted molar refractivity (Wildman–Crippen MR) is 111 cm³/mol. The Hall–Kier alpha value is -2.75. The predicted octanol–water partition coefficient (Wildman–Crippen LogP) is 5.48. The van der Waals surface area contributed by atoms with Crippen molar-refractivity contribution in [1.82, 2.24) is 0 Å². The SMILES string of the molecule is CCCCOc1ccc(/C=C/C(=O)Nc2ccccc2CC)cc1OCC. The van der Waals surface area contributed by atoms with Gasteiger partial charge in [-0.15, -0.1) is 0 Å². The highest BCUT2D eigenvalue weighted by atomic mass is 16.5. The number of hydrogen-bond donors (Lipinski definition) is 1. The van der Waals surface area contributed by atoms with Crippen molar-refractivity contribution in [3.05, 3.63) is 59.7 Å². The van der Waals surface area contributed by atoms with Crippen LogP contribution in [0, 0.1) is 0 Å². The van der Waals surface area contributed by atoms with Crippen LogP contribution < -0.4 is 14.8 Å². The molecule has 0 saturated carbocycles. The van der Waals surface area contributed by atoms with Gasteiger partial charge < -0.3 is 14.8 Å². The molecule has 0 radical (unpaired) electrons. The summed E-state index contributed by atoms with van der Waals surface area (Å²) >= 11 is 0. The van der Waals surface area contributed by atoms with E-state index in [4.69, 9.17) is 9.47 Å². The van der Waals surface area contributed by atoms with Crippen LogP contribution in [0.3, 0.4) is 0 Å². The zero-order valence-electron chi connectivity index (χ0n) is 16.5. The van der Waals surface area contributed by atoms with E-state index in [1.165, 1.54) is 6.08 Å². The fourth-order valence-electron chi connectivity index (χ4n) is 2.64. The fraction of sp³-hybridized carbons (Fsp3) is 0.348. The molecule has 0 unspecified atom stereocenters. The highest BCUT2D eigenvalue weighted by Gasteiger charge is 2.06. The second-order valence-corrected chi connectivity index (χ2v) is 6.17. The van der Waals surface area contributed by atoms with E-state index in [0.717, 1.165) is 41.8 Å². The van der Waals surface area contributed by atoms with Gasteiger partial charge in [0.25, 0.3) is 0 Å². The van der Waals surface area contributed by atoms with Gasteiger partial charge >= 0.3 is 0 Å². The average Bonchev–Trinajstić information content (AvgIpc) is 2.68. The van der Waals surface area contributed by atoms with Crippen LogP contribution in [0.15, 0.2) is 48.5 Å². The first-order valence-corrected chi connectivity index (χ1v) is 9.64. The van der Waals surface area contributed by atoms with Crippen LogP contribution in [0.5, 0.6) is 11.5 Å². The van der Waals surface area contributed by atoms with Crippen LogP contribution in [0.2, 0.25) is 0 Å². The third-order valence-electron chi connectivity index (χ3n) is 4.11. The van der Waals surface area contributed by atoms with E-state index in [2.05, 4.69) is 19.2 Å². The molecule has 0 aliphatic carbocycles. The van der Waals surface area contributed by atoms with E-state index in [1.807, 2.05) is 49.4 Å². The smallest absolute Gasteiger partial charge is 0.248 e. The molecule has 2 aromatic carbocycles. The zero-order chi connectivity index (χ0) is 19.5. The van der Waals surface area contributed by atoms with Crippen molar-refractivity contribution in [2.45, 2.75) is 40.0 Å².